The number of carbonyl (C=O) groups is 2. The van der Waals surface area contributed by atoms with Crippen molar-refractivity contribution in [1.82, 2.24) is 15.5 Å². The molecule has 1 aliphatic heterocycles. The molecule has 0 aliphatic carbocycles. The number of piperidine rings is 1. The van der Waals surface area contributed by atoms with Gasteiger partial charge in [-0.05, 0) is 48.1 Å². The number of hydrogen-bond acceptors (Lipinski definition) is 2. The van der Waals surface area contributed by atoms with E-state index in [1.807, 2.05) is 60.7 Å². The second kappa shape index (κ2) is 11.0. The van der Waals surface area contributed by atoms with Gasteiger partial charge in [0.1, 0.15) is 5.82 Å². The van der Waals surface area contributed by atoms with Crippen LogP contribution < -0.4 is 10.6 Å². The van der Waals surface area contributed by atoms with Gasteiger partial charge in [0, 0.05) is 19.6 Å². The maximum Gasteiger partial charge on any atom is 0.318 e. The second-order valence-electron chi connectivity index (χ2n) is 8.80. The molecule has 176 valence electrons. The van der Waals surface area contributed by atoms with E-state index < -0.39 is 0 Å². The Morgan fingerprint density at radius 1 is 0.882 bits per heavy atom. The molecule has 6 heteroatoms. The van der Waals surface area contributed by atoms with Crippen molar-refractivity contribution in [2.75, 3.05) is 6.54 Å². The summed E-state index contributed by atoms with van der Waals surface area (Å²) in [4.78, 5) is 27.9. The minimum absolute atomic E-state index is 0.0570. The van der Waals surface area contributed by atoms with Gasteiger partial charge in [0.05, 0.1) is 12.0 Å². The Balaban J connectivity index is 1.47. The van der Waals surface area contributed by atoms with E-state index in [4.69, 9.17) is 0 Å². The summed E-state index contributed by atoms with van der Waals surface area (Å²) in [6, 6.07) is 24.0. The largest absolute Gasteiger partial charge is 0.352 e. The first-order valence-electron chi connectivity index (χ1n) is 11.7. The van der Waals surface area contributed by atoms with E-state index in [2.05, 4.69) is 10.6 Å². The maximum absolute atomic E-state index is 13.9. The molecule has 0 saturated carbocycles. The zero-order chi connectivity index (χ0) is 23.9. The number of halogens is 1. The molecule has 0 radical (unpaired) electrons. The fraction of sp³-hybridized carbons (Fsp3) is 0.286. The topological polar surface area (TPSA) is 61.4 Å². The molecule has 1 fully saturated rings. The van der Waals surface area contributed by atoms with Crippen molar-refractivity contribution in [3.8, 4) is 0 Å². The summed E-state index contributed by atoms with van der Waals surface area (Å²) in [7, 11) is 0. The molecular formula is C28H30FN3O2. The van der Waals surface area contributed by atoms with Crippen molar-refractivity contribution < 1.29 is 14.0 Å². The normalized spacial score (nSPS) is 17.8. The summed E-state index contributed by atoms with van der Waals surface area (Å²) < 4.78 is 13.9. The maximum atomic E-state index is 13.9. The molecule has 5 nitrogen and oxygen atoms in total. The predicted octanol–water partition coefficient (Wildman–Crippen LogP) is 5.11. The monoisotopic (exact) mass is 459 g/mol. The van der Waals surface area contributed by atoms with Crippen molar-refractivity contribution in [1.29, 1.82) is 0 Å². The van der Waals surface area contributed by atoms with Crippen LogP contribution in [0.15, 0.2) is 78.9 Å². The summed E-state index contributed by atoms with van der Waals surface area (Å²) in [5.41, 5.74) is 3.46. The van der Waals surface area contributed by atoms with Crippen LogP contribution in [0.3, 0.4) is 0 Å². The summed E-state index contributed by atoms with van der Waals surface area (Å²) in [5.74, 6) is -0.625. The van der Waals surface area contributed by atoms with Crippen molar-refractivity contribution in [3.05, 3.63) is 107 Å². The number of likely N-dealkylation sites (tertiary alicyclic amines) is 1. The number of amides is 3. The first-order valence-corrected chi connectivity index (χ1v) is 11.7. The fourth-order valence-electron chi connectivity index (χ4n) is 4.44. The Hall–Kier alpha value is -3.67. The van der Waals surface area contributed by atoms with E-state index in [-0.39, 0.29) is 29.7 Å². The van der Waals surface area contributed by atoms with Crippen molar-refractivity contribution in [2.45, 2.75) is 38.9 Å². The van der Waals surface area contributed by atoms with Gasteiger partial charge in [-0.1, -0.05) is 72.8 Å². The van der Waals surface area contributed by atoms with Gasteiger partial charge < -0.3 is 15.5 Å². The Kier molecular flexibility index (Phi) is 7.58. The smallest absolute Gasteiger partial charge is 0.318 e. The number of carbonyl (C=O) groups excluding carboxylic acids is 2. The molecule has 4 rings (SSSR count). The van der Waals surface area contributed by atoms with E-state index >= 15 is 0 Å². The summed E-state index contributed by atoms with van der Waals surface area (Å²) in [5, 5.41) is 6.00. The van der Waals surface area contributed by atoms with Gasteiger partial charge in [0.25, 0.3) is 0 Å². The van der Waals surface area contributed by atoms with Crippen LogP contribution in [0, 0.1) is 18.7 Å². The standard InChI is InChI=1S/C28H30FN3O2/c1-20-16-23(12-14-25(20)29)26-15-13-24(27(33)30-17-21-8-4-2-5-9-21)19-32(26)28(34)31-18-22-10-6-3-7-11-22/h2-12,14,16,24,26H,13,15,17-19H2,1H3,(H,30,33)(H,31,34). The zero-order valence-electron chi connectivity index (χ0n) is 19.3. The highest BCUT2D eigenvalue weighted by atomic mass is 19.1. The third-order valence-corrected chi connectivity index (χ3v) is 6.38. The van der Waals surface area contributed by atoms with Crippen LogP contribution in [-0.4, -0.2) is 23.4 Å². The molecule has 0 aromatic heterocycles. The Morgan fingerprint density at radius 2 is 1.50 bits per heavy atom. The Morgan fingerprint density at radius 3 is 2.12 bits per heavy atom. The molecule has 0 spiro atoms. The van der Waals surface area contributed by atoms with Crippen LogP contribution in [0.1, 0.15) is 41.1 Å². The summed E-state index contributed by atoms with van der Waals surface area (Å²) in [6.07, 6.45) is 1.29. The minimum atomic E-state index is -0.302. The molecule has 2 atom stereocenters. The molecule has 1 saturated heterocycles. The number of nitrogens with zero attached hydrogens (tertiary/aromatic N) is 1. The quantitative estimate of drug-likeness (QED) is 0.538. The highest BCUT2D eigenvalue weighted by molar-refractivity contribution is 5.81. The summed E-state index contributed by atoms with van der Waals surface area (Å²) in [6.45, 7) is 2.89. The molecule has 34 heavy (non-hydrogen) atoms. The van der Waals surface area contributed by atoms with Crippen molar-refractivity contribution >= 4 is 11.9 Å². The van der Waals surface area contributed by atoms with E-state index in [9.17, 15) is 14.0 Å². The molecule has 1 aliphatic rings. The second-order valence-corrected chi connectivity index (χ2v) is 8.80. The number of aryl methyl sites for hydroxylation is 1. The highest BCUT2D eigenvalue weighted by Crippen LogP contribution is 2.34. The van der Waals surface area contributed by atoms with Crippen molar-refractivity contribution in [3.63, 3.8) is 0 Å². The zero-order valence-corrected chi connectivity index (χ0v) is 19.3. The van der Waals surface area contributed by atoms with Gasteiger partial charge in [-0.3, -0.25) is 4.79 Å². The van der Waals surface area contributed by atoms with Gasteiger partial charge >= 0.3 is 6.03 Å². The Labute approximate surface area is 200 Å². The molecule has 3 aromatic carbocycles. The number of rotatable bonds is 6. The summed E-state index contributed by atoms with van der Waals surface area (Å²) >= 11 is 0. The van der Waals surface area contributed by atoms with Gasteiger partial charge in [-0.25, -0.2) is 9.18 Å². The van der Waals surface area contributed by atoms with E-state index in [1.54, 1.807) is 24.0 Å². The average molecular weight is 460 g/mol. The number of urea groups is 1. The lowest BCUT2D eigenvalue weighted by atomic mass is 9.88. The van der Waals surface area contributed by atoms with Crippen LogP contribution >= 0.6 is 0 Å². The molecule has 2 N–H and O–H groups in total. The lowest BCUT2D eigenvalue weighted by Gasteiger charge is -2.39. The average Bonchev–Trinajstić information content (AvgIpc) is 2.88. The number of nitrogens with one attached hydrogen (secondary N) is 2. The van der Waals surface area contributed by atoms with Crippen molar-refractivity contribution in [2.24, 2.45) is 5.92 Å². The lowest BCUT2D eigenvalue weighted by Crippen LogP contribution is -2.50. The molecule has 2 unspecified atom stereocenters. The van der Waals surface area contributed by atoms with Gasteiger partial charge in [-0.15, -0.1) is 0 Å². The van der Waals surface area contributed by atoms with E-state index in [0.29, 0.717) is 38.0 Å². The fourth-order valence-corrected chi connectivity index (χ4v) is 4.44. The number of benzene rings is 3. The van der Waals surface area contributed by atoms with E-state index in [0.717, 1.165) is 16.7 Å². The molecule has 0 bridgehead atoms. The van der Waals surface area contributed by atoms with Gasteiger partial charge in [0.15, 0.2) is 0 Å². The van der Waals surface area contributed by atoms with Crippen LogP contribution in [0.4, 0.5) is 9.18 Å². The van der Waals surface area contributed by atoms with Gasteiger partial charge in [-0.2, -0.15) is 0 Å². The lowest BCUT2D eigenvalue weighted by molar-refractivity contribution is -0.126. The number of hydrogen-bond donors (Lipinski definition) is 2. The van der Waals surface area contributed by atoms with Crippen LogP contribution in [0.25, 0.3) is 0 Å². The third-order valence-electron chi connectivity index (χ3n) is 6.38. The highest BCUT2D eigenvalue weighted by Gasteiger charge is 2.35. The molecule has 1 heterocycles. The van der Waals surface area contributed by atoms with Crippen LogP contribution in [-0.2, 0) is 17.9 Å². The third kappa shape index (κ3) is 5.81. The Bertz CT molecular complexity index is 1120. The SMILES string of the molecule is Cc1cc(C2CCC(C(=O)NCc3ccccc3)CN2C(=O)NCc2ccccc2)ccc1F. The van der Waals surface area contributed by atoms with Crippen LogP contribution in [0.2, 0.25) is 0 Å². The van der Waals surface area contributed by atoms with Crippen LogP contribution in [0.5, 0.6) is 0 Å². The first kappa shape index (κ1) is 23.5. The first-order chi connectivity index (χ1) is 16.5. The molecule has 3 amide bonds. The minimum Gasteiger partial charge on any atom is -0.352 e. The predicted molar refractivity (Wildman–Crippen MR) is 130 cm³/mol. The van der Waals surface area contributed by atoms with Gasteiger partial charge in [0.2, 0.25) is 5.91 Å². The molecule has 3 aromatic rings. The molecular weight excluding hydrogens is 429 g/mol. The van der Waals surface area contributed by atoms with E-state index in [1.165, 1.54) is 6.07 Å².